The van der Waals surface area contributed by atoms with Crippen LogP contribution < -0.4 is 5.32 Å². The van der Waals surface area contributed by atoms with Gasteiger partial charge in [0.05, 0.1) is 5.56 Å². The Morgan fingerprint density at radius 2 is 1.83 bits per heavy atom. The second-order valence-corrected chi connectivity index (χ2v) is 16.0. The number of hydrogen-bond acceptors (Lipinski definition) is 8. The molecule has 10 heteroatoms. The van der Waals surface area contributed by atoms with E-state index in [0.29, 0.717) is 43.2 Å². The molecule has 0 spiro atoms. The minimum atomic E-state index is -1.58. The molecular formula is C36H48FNO7S. The van der Waals surface area contributed by atoms with E-state index >= 15 is 4.39 Å². The number of thiophene rings is 1. The molecule has 0 aliphatic heterocycles. The van der Waals surface area contributed by atoms with Crippen molar-refractivity contribution < 1.29 is 37.8 Å². The van der Waals surface area contributed by atoms with Crippen molar-refractivity contribution in [2.75, 3.05) is 20.3 Å². The quantitative estimate of drug-likeness (QED) is 0.306. The highest BCUT2D eigenvalue weighted by molar-refractivity contribution is 7.08. The van der Waals surface area contributed by atoms with Crippen LogP contribution >= 0.6 is 11.3 Å². The molecule has 0 bridgehead atoms. The van der Waals surface area contributed by atoms with E-state index in [-0.39, 0.29) is 35.9 Å². The van der Waals surface area contributed by atoms with Gasteiger partial charge < -0.3 is 19.5 Å². The van der Waals surface area contributed by atoms with Gasteiger partial charge in [-0.25, -0.2) is 14.0 Å². The van der Waals surface area contributed by atoms with Crippen LogP contribution in [0, 0.1) is 34.5 Å². The summed E-state index contributed by atoms with van der Waals surface area (Å²) in [6, 6.07) is 0. The number of ketones is 2. The molecule has 3 fully saturated rings. The van der Waals surface area contributed by atoms with Crippen molar-refractivity contribution in [3.63, 3.8) is 0 Å². The van der Waals surface area contributed by atoms with Crippen LogP contribution in [-0.2, 0) is 30.2 Å². The Morgan fingerprint density at radius 3 is 2.50 bits per heavy atom. The largest absolute Gasteiger partial charge is 0.454 e. The number of rotatable bonds is 8. The fourth-order valence-electron chi connectivity index (χ4n) is 9.82. The van der Waals surface area contributed by atoms with Gasteiger partial charge in [0.2, 0.25) is 5.78 Å². The molecule has 4 aliphatic rings. The Kier molecular flexibility index (Phi) is 8.99. The lowest BCUT2D eigenvalue weighted by molar-refractivity contribution is -0.205. The average molecular weight is 658 g/mol. The van der Waals surface area contributed by atoms with Crippen LogP contribution in [0.2, 0.25) is 0 Å². The van der Waals surface area contributed by atoms with Gasteiger partial charge in [-0.3, -0.25) is 9.59 Å². The summed E-state index contributed by atoms with van der Waals surface area (Å²) in [5, 5.41) is 6.20. The molecule has 0 saturated heterocycles. The lowest BCUT2D eigenvalue weighted by Crippen LogP contribution is -2.67. The van der Waals surface area contributed by atoms with E-state index in [0.717, 1.165) is 5.57 Å². The maximum atomic E-state index is 17.8. The number of halogens is 1. The van der Waals surface area contributed by atoms with E-state index in [4.69, 9.17) is 14.2 Å². The fraction of sp³-hybridized carbons (Fsp3) is 0.667. The van der Waals surface area contributed by atoms with Crippen molar-refractivity contribution >= 4 is 35.0 Å². The predicted molar refractivity (Wildman–Crippen MR) is 173 cm³/mol. The molecule has 1 N–H and O–H groups in total. The molecule has 4 aliphatic carbocycles. The van der Waals surface area contributed by atoms with Crippen molar-refractivity contribution in [2.24, 2.45) is 34.5 Å². The van der Waals surface area contributed by atoms with E-state index in [9.17, 15) is 19.2 Å². The third-order valence-corrected chi connectivity index (χ3v) is 12.4. The molecule has 8 atom stereocenters. The maximum Gasteiger partial charge on any atom is 0.407 e. The first kappa shape index (κ1) is 34.5. The summed E-state index contributed by atoms with van der Waals surface area (Å²) in [5.74, 6) is -2.11. The third kappa shape index (κ3) is 5.27. The van der Waals surface area contributed by atoms with E-state index in [1.54, 1.807) is 45.4 Å². The number of methoxy groups -OCH3 is 1. The first-order chi connectivity index (χ1) is 21.4. The Morgan fingerprint density at radius 1 is 1.11 bits per heavy atom. The topological polar surface area (TPSA) is 108 Å². The summed E-state index contributed by atoms with van der Waals surface area (Å²) in [5.41, 5.74) is -3.10. The highest BCUT2D eigenvalue weighted by atomic mass is 32.1. The Bertz CT molecular complexity index is 1480. The summed E-state index contributed by atoms with van der Waals surface area (Å²) < 4.78 is 34.9. The molecule has 0 unspecified atom stereocenters. The molecule has 3 saturated carbocycles. The fourth-order valence-corrected chi connectivity index (χ4v) is 10.7. The van der Waals surface area contributed by atoms with Gasteiger partial charge in [0.15, 0.2) is 12.4 Å². The van der Waals surface area contributed by atoms with Crippen molar-refractivity contribution in [1.82, 2.24) is 5.32 Å². The van der Waals surface area contributed by atoms with Gasteiger partial charge in [-0.05, 0) is 107 Å². The van der Waals surface area contributed by atoms with E-state index in [1.807, 2.05) is 26.2 Å². The Hall–Kier alpha value is -2.85. The lowest BCUT2D eigenvalue weighted by Gasteiger charge is -2.63. The number of carbonyl (C=O) groups excluding carboxylic acids is 4. The zero-order valence-electron chi connectivity index (χ0n) is 28.3. The van der Waals surface area contributed by atoms with Crippen LogP contribution in [0.25, 0.3) is 0 Å². The number of Topliss-reactive ketones (excluding diaryl/α,β-unsaturated/α-hetero) is 1. The van der Waals surface area contributed by atoms with Crippen LogP contribution in [0.1, 0.15) is 90.1 Å². The van der Waals surface area contributed by atoms with E-state index in [2.05, 4.69) is 12.2 Å². The van der Waals surface area contributed by atoms with Crippen LogP contribution in [0.3, 0.4) is 0 Å². The predicted octanol–water partition coefficient (Wildman–Crippen LogP) is 6.82. The molecule has 252 valence electrons. The number of alkyl halides is 1. The Balaban J connectivity index is 1.31. The standard InChI is InChI=1S/C36H48FNO7S/c1-21-15-28-27-10-9-24-16-25(39)11-13-33(24,6)35(27,37)22(2)17-34(28,7)36(21,43-8)29(40)18-44-30(41)26-20-46-19-23(26)12-14-38-31(42)45-32(3,4)5/h11,13,16,19-22,27-28H,9-10,12,14-15,17-18H2,1-8H3,(H,38,42)/t21-,22+,27+,28+,33+,34+,35-,36+/m1/s1. The number of hydrogen-bond donors (Lipinski definition) is 1. The first-order valence-corrected chi connectivity index (χ1v) is 17.3. The van der Waals surface area contributed by atoms with Crippen molar-refractivity contribution in [2.45, 2.75) is 97.4 Å². The van der Waals surface area contributed by atoms with Crippen molar-refractivity contribution in [3.05, 3.63) is 45.7 Å². The van der Waals surface area contributed by atoms with E-state index in [1.165, 1.54) is 17.4 Å². The van der Waals surface area contributed by atoms with Crippen LogP contribution in [-0.4, -0.2) is 60.8 Å². The summed E-state index contributed by atoms with van der Waals surface area (Å²) in [6.45, 7) is 13.1. The van der Waals surface area contributed by atoms with Gasteiger partial charge in [-0.1, -0.05) is 32.4 Å². The van der Waals surface area contributed by atoms with Crippen molar-refractivity contribution in [1.29, 1.82) is 0 Å². The summed E-state index contributed by atoms with van der Waals surface area (Å²) in [4.78, 5) is 51.7. The molecular weight excluding hydrogens is 609 g/mol. The molecule has 8 nitrogen and oxygen atoms in total. The average Bonchev–Trinajstić information content (AvgIpc) is 3.52. The number of ether oxygens (including phenoxy) is 3. The Labute approximate surface area is 275 Å². The number of fused-ring (bicyclic) bond motifs is 5. The summed E-state index contributed by atoms with van der Waals surface area (Å²) >= 11 is 1.34. The minimum Gasteiger partial charge on any atom is -0.454 e. The second-order valence-electron chi connectivity index (χ2n) is 15.2. The van der Waals surface area contributed by atoms with Gasteiger partial charge in [0.25, 0.3) is 0 Å². The maximum absolute atomic E-state index is 17.8. The van der Waals surface area contributed by atoms with Gasteiger partial charge in [-0.2, -0.15) is 11.3 Å². The highest BCUT2D eigenvalue weighted by Gasteiger charge is 2.75. The number of allylic oxidation sites excluding steroid dienone is 4. The molecule has 1 aromatic rings. The molecule has 5 rings (SSSR count). The number of amides is 1. The van der Waals surface area contributed by atoms with E-state index < -0.39 is 52.3 Å². The zero-order chi connectivity index (χ0) is 33.9. The smallest absolute Gasteiger partial charge is 0.407 e. The molecule has 0 radical (unpaired) electrons. The zero-order valence-corrected chi connectivity index (χ0v) is 29.1. The molecule has 46 heavy (non-hydrogen) atoms. The van der Waals surface area contributed by atoms with Gasteiger partial charge in [0, 0.05) is 29.9 Å². The van der Waals surface area contributed by atoms with Crippen LogP contribution in [0.5, 0.6) is 0 Å². The van der Waals surface area contributed by atoms with Crippen LogP contribution in [0.4, 0.5) is 9.18 Å². The number of esters is 1. The van der Waals surface area contributed by atoms with Gasteiger partial charge >= 0.3 is 12.1 Å². The van der Waals surface area contributed by atoms with Gasteiger partial charge in [-0.15, -0.1) is 0 Å². The highest BCUT2D eigenvalue weighted by Crippen LogP contribution is 2.72. The third-order valence-electron chi connectivity index (χ3n) is 11.6. The molecule has 1 amide bonds. The SMILES string of the molecule is CO[C@]1(C(=O)COC(=O)c2cscc2CCNC(=O)OC(C)(C)C)[C@H](C)C[C@H]2[C@@H]3CCC4=CC(=O)C=C[C@]4(C)[C@@]3(F)[C@@H](C)C[C@@]21C. The number of alkyl carbamates (subject to hydrolysis) is 1. The van der Waals surface area contributed by atoms with Gasteiger partial charge in [0.1, 0.15) is 16.9 Å². The molecule has 1 heterocycles. The minimum absolute atomic E-state index is 0.0945. The monoisotopic (exact) mass is 657 g/mol. The molecule has 0 aromatic carbocycles. The summed E-state index contributed by atoms with van der Waals surface area (Å²) in [6.07, 6.45) is 7.02. The lowest BCUT2D eigenvalue weighted by atomic mass is 9.43. The normalized spacial score (nSPS) is 36.6. The molecule has 1 aromatic heterocycles. The van der Waals surface area contributed by atoms with Crippen molar-refractivity contribution in [3.8, 4) is 0 Å². The summed E-state index contributed by atoms with van der Waals surface area (Å²) in [7, 11) is 1.54. The van der Waals surface area contributed by atoms with Crippen LogP contribution in [0.15, 0.2) is 34.6 Å². The first-order valence-electron chi connectivity index (χ1n) is 16.3. The number of carbonyl (C=O) groups is 4. The second kappa shape index (κ2) is 12.0. The number of nitrogens with one attached hydrogen (secondary N) is 1.